The molecule has 1 amide bonds. The lowest BCUT2D eigenvalue weighted by atomic mass is 10.1. The maximum absolute atomic E-state index is 11.7. The Morgan fingerprint density at radius 1 is 1.04 bits per heavy atom. The molecule has 23 heavy (non-hydrogen) atoms. The normalized spacial score (nSPS) is 16.9. The molecule has 130 valence electrons. The maximum atomic E-state index is 11.7. The van der Waals surface area contributed by atoms with Gasteiger partial charge in [0.1, 0.15) is 11.8 Å². The molecule has 1 atom stereocenters. The van der Waals surface area contributed by atoms with Gasteiger partial charge in [-0.1, -0.05) is 25.7 Å². The molecule has 1 aliphatic rings. The van der Waals surface area contributed by atoms with Gasteiger partial charge in [-0.3, -0.25) is 14.4 Å². The summed E-state index contributed by atoms with van der Waals surface area (Å²) in [4.78, 5) is 44.8. The number of unbranched alkanes of at least 4 members (excludes halogenated alkanes) is 5. The third kappa shape index (κ3) is 8.95. The molecule has 0 saturated carbocycles. The topological polar surface area (TPSA) is 110 Å². The van der Waals surface area contributed by atoms with Gasteiger partial charge in [-0.25, -0.2) is 4.79 Å². The highest BCUT2D eigenvalue weighted by Gasteiger charge is 2.28. The second-order valence-corrected chi connectivity index (χ2v) is 5.81. The first kappa shape index (κ1) is 19.1. The summed E-state index contributed by atoms with van der Waals surface area (Å²) in [6.45, 7) is 0.310. The van der Waals surface area contributed by atoms with E-state index in [1.165, 1.54) is 0 Å². The van der Waals surface area contributed by atoms with E-state index in [0.717, 1.165) is 32.1 Å². The number of ether oxygens (including phenoxy) is 1. The van der Waals surface area contributed by atoms with Crippen LogP contribution < -0.4 is 5.32 Å². The lowest BCUT2D eigenvalue weighted by Gasteiger charge is -2.08. The van der Waals surface area contributed by atoms with Gasteiger partial charge in [-0.2, -0.15) is 0 Å². The largest absolute Gasteiger partial charge is 0.481 e. The van der Waals surface area contributed by atoms with Crippen molar-refractivity contribution in [2.45, 2.75) is 70.3 Å². The average molecular weight is 327 g/mol. The molecule has 0 bridgehead atoms. The molecule has 0 radical (unpaired) electrons. The predicted molar refractivity (Wildman–Crippen MR) is 81.7 cm³/mol. The fraction of sp³-hybridized carbons (Fsp3) is 0.750. The molecular formula is C16H25NO6. The van der Waals surface area contributed by atoms with Gasteiger partial charge in [0, 0.05) is 19.3 Å². The average Bonchev–Trinajstić information content (AvgIpc) is 2.86. The molecule has 0 aromatic rings. The van der Waals surface area contributed by atoms with Crippen LogP contribution in [0.4, 0.5) is 0 Å². The van der Waals surface area contributed by atoms with Gasteiger partial charge in [-0.05, 0) is 12.8 Å². The van der Waals surface area contributed by atoms with E-state index in [-0.39, 0.29) is 18.6 Å². The van der Waals surface area contributed by atoms with Gasteiger partial charge < -0.3 is 15.2 Å². The second-order valence-electron chi connectivity index (χ2n) is 5.81. The Morgan fingerprint density at radius 3 is 2.22 bits per heavy atom. The van der Waals surface area contributed by atoms with E-state index < -0.39 is 23.9 Å². The van der Waals surface area contributed by atoms with Gasteiger partial charge in [0.2, 0.25) is 5.91 Å². The van der Waals surface area contributed by atoms with Gasteiger partial charge in [0.25, 0.3) is 0 Å². The van der Waals surface area contributed by atoms with Crippen LogP contribution in [-0.2, 0) is 23.9 Å². The molecule has 7 heteroatoms. The summed E-state index contributed by atoms with van der Waals surface area (Å²) in [6, 6.07) is -0.610. The Bertz CT molecular complexity index is 434. The van der Waals surface area contributed by atoms with Crippen molar-refractivity contribution >= 4 is 23.6 Å². The molecule has 0 aromatic carbocycles. The smallest absolute Gasteiger partial charge is 0.328 e. The third-order valence-corrected chi connectivity index (χ3v) is 3.72. The maximum Gasteiger partial charge on any atom is 0.328 e. The molecule has 2 N–H and O–H groups in total. The Hall–Kier alpha value is -1.92. The van der Waals surface area contributed by atoms with Crippen LogP contribution in [0.25, 0.3) is 0 Å². The summed E-state index contributed by atoms with van der Waals surface area (Å²) in [5.74, 6) is -1.75. The van der Waals surface area contributed by atoms with Crippen molar-refractivity contribution in [3.63, 3.8) is 0 Å². The molecule has 0 aliphatic carbocycles. The van der Waals surface area contributed by atoms with Crippen LogP contribution in [0.1, 0.15) is 64.2 Å². The summed E-state index contributed by atoms with van der Waals surface area (Å²) < 4.78 is 4.73. The molecule has 0 spiro atoms. The number of esters is 1. The number of rotatable bonds is 12. The van der Waals surface area contributed by atoms with Crippen LogP contribution in [0.5, 0.6) is 0 Å². The number of nitrogens with one attached hydrogen (secondary N) is 1. The standard InChI is InChI=1S/C16H25NO6/c18-12(7-5-3-1-2-4-6-8-15(20)21)11-14(19)17-13-9-10-23-16(13)22/h13H,1-11H2,(H,17,19)(H,20,21)/t13-/m0/s1. The van der Waals surface area contributed by atoms with E-state index >= 15 is 0 Å². The van der Waals surface area contributed by atoms with Crippen molar-refractivity contribution in [3.05, 3.63) is 0 Å². The Balaban J connectivity index is 1.98. The predicted octanol–water partition coefficient (Wildman–Crippen LogP) is 1.58. The number of hydrogen-bond acceptors (Lipinski definition) is 5. The third-order valence-electron chi connectivity index (χ3n) is 3.72. The van der Waals surface area contributed by atoms with Gasteiger partial charge in [-0.15, -0.1) is 0 Å². The highest BCUT2D eigenvalue weighted by molar-refractivity contribution is 5.99. The summed E-state index contributed by atoms with van der Waals surface area (Å²) in [5.41, 5.74) is 0. The molecule has 1 fully saturated rings. The zero-order valence-electron chi connectivity index (χ0n) is 13.3. The molecule has 1 aliphatic heterocycles. The van der Waals surface area contributed by atoms with E-state index in [0.29, 0.717) is 25.9 Å². The number of carboxylic acid groups (broad SMARTS) is 1. The summed E-state index contributed by atoms with van der Waals surface area (Å²) in [7, 11) is 0. The molecule has 1 rings (SSSR count). The van der Waals surface area contributed by atoms with E-state index in [4.69, 9.17) is 9.84 Å². The van der Waals surface area contributed by atoms with E-state index in [9.17, 15) is 19.2 Å². The van der Waals surface area contributed by atoms with Crippen LogP contribution in [-0.4, -0.2) is 41.4 Å². The molecule has 7 nitrogen and oxygen atoms in total. The highest BCUT2D eigenvalue weighted by Crippen LogP contribution is 2.10. The van der Waals surface area contributed by atoms with E-state index in [2.05, 4.69) is 5.32 Å². The fourth-order valence-electron chi connectivity index (χ4n) is 2.45. The van der Waals surface area contributed by atoms with Crippen molar-refractivity contribution < 1.29 is 29.0 Å². The first-order valence-electron chi connectivity index (χ1n) is 8.18. The molecular weight excluding hydrogens is 302 g/mol. The van der Waals surface area contributed by atoms with Gasteiger partial charge >= 0.3 is 11.9 Å². The van der Waals surface area contributed by atoms with Crippen molar-refractivity contribution in [3.8, 4) is 0 Å². The van der Waals surface area contributed by atoms with Crippen molar-refractivity contribution in [1.82, 2.24) is 5.32 Å². The number of hydrogen-bond donors (Lipinski definition) is 2. The quantitative estimate of drug-likeness (QED) is 0.320. The van der Waals surface area contributed by atoms with Crippen molar-refractivity contribution in [2.24, 2.45) is 0 Å². The minimum Gasteiger partial charge on any atom is -0.481 e. The number of carboxylic acids is 1. The number of cyclic esters (lactones) is 1. The lowest BCUT2D eigenvalue weighted by molar-refractivity contribution is -0.142. The SMILES string of the molecule is O=C(O)CCCCCCCCC(=O)CC(=O)N[C@H]1CCOC1=O. The minimum absolute atomic E-state index is 0.125. The fourth-order valence-corrected chi connectivity index (χ4v) is 2.45. The Morgan fingerprint density at radius 2 is 1.65 bits per heavy atom. The minimum atomic E-state index is -0.764. The Labute approximate surface area is 135 Å². The van der Waals surface area contributed by atoms with Gasteiger partial charge in [0.05, 0.1) is 13.0 Å². The first-order chi connectivity index (χ1) is 11.0. The summed E-state index contributed by atoms with van der Waals surface area (Å²) >= 11 is 0. The van der Waals surface area contributed by atoms with E-state index in [1.807, 2.05) is 0 Å². The van der Waals surface area contributed by atoms with Gasteiger partial charge in [0.15, 0.2) is 0 Å². The zero-order chi connectivity index (χ0) is 17.1. The molecule has 0 unspecified atom stereocenters. The number of amides is 1. The molecule has 0 aromatic heterocycles. The number of aliphatic carboxylic acids is 1. The lowest BCUT2D eigenvalue weighted by Crippen LogP contribution is -2.38. The molecule has 1 heterocycles. The molecule has 1 saturated heterocycles. The van der Waals surface area contributed by atoms with Crippen LogP contribution in [0, 0.1) is 0 Å². The van der Waals surface area contributed by atoms with Crippen LogP contribution in [0.3, 0.4) is 0 Å². The second kappa shape index (κ2) is 10.7. The first-order valence-corrected chi connectivity index (χ1v) is 8.18. The number of ketones is 1. The highest BCUT2D eigenvalue weighted by atomic mass is 16.5. The number of carbonyl (C=O) groups excluding carboxylic acids is 3. The monoisotopic (exact) mass is 327 g/mol. The van der Waals surface area contributed by atoms with Crippen LogP contribution in [0.2, 0.25) is 0 Å². The van der Waals surface area contributed by atoms with Crippen molar-refractivity contribution in [1.29, 1.82) is 0 Å². The van der Waals surface area contributed by atoms with Crippen LogP contribution in [0.15, 0.2) is 0 Å². The number of carbonyl (C=O) groups is 4. The van der Waals surface area contributed by atoms with Crippen molar-refractivity contribution in [2.75, 3.05) is 6.61 Å². The summed E-state index contributed by atoms with van der Waals surface area (Å²) in [6.07, 6.45) is 5.98. The van der Waals surface area contributed by atoms with Crippen LogP contribution >= 0.6 is 0 Å². The summed E-state index contributed by atoms with van der Waals surface area (Å²) in [5, 5.41) is 11.0. The Kier molecular flexibility index (Phi) is 8.94. The number of Topliss-reactive ketones (excluding diaryl/α,β-unsaturated/α-hetero) is 1. The zero-order valence-corrected chi connectivity index (χ0v) is 13.3. The van der Waals surface area contributed by atoms with E-state index in [1.54, 1.807) is 0 Å².